The molecule has 2 bridgehead atoms. The average Bonchev–Trinajstić information content (AvgIpc) is 3.24. The van der Waals surface area contributed by atoms with E-state index in [0.29, 0.717) is 17.9 Å². The smallest absolute Gasteiger partial charge is 0.240 e. The number of nitrogens with zero attached hydrogens (tertiary/aromatic N) is 1. The van der Waals surface area contributed by atoms with Crippen LogP contribution >= 0.6 is 0 Å². The predicted molar refractivity (Wildman–Crippen MR) is 95.2 cm³/mol. The van der Waals surface area contributed by atoms with Gasteiger partial charge in [-0.15, -0.1) is 0 Å². The summed E-state index contributed by atoms with van der Waals surface area (Å²) in [6, 6.07) is 3.42. The van der Waals surface area contributed by atoms with E-state index in [2.05, 4.69) is 13.8 Å². The summed E-state index contributed by atoms with van der Waals surface area (Å²) in [7, 11) is -3.64. The maximum Gasteiger partial charge on any atom is 0.240 e. The molecule has 0 radical (unpaired) electrons. The SMILES string of the molecule is CC1(C)C2CC[C@]13CS(=O)(=O)N(C(=O)[C@@H]1C[C@H]1c1ccc(F)c(F)c1)[C@@H]3C2. The summed E-state index contributed by atoms with van der Waals surface area (Å²) in [6.07, 6.45) is 3.13. The Labute approximate surface area is 158 Å². The first-order valence-corrected chi connectivity index (χ1v) is 11.2. The van der Waals surface area contributed by atoms with E-state index >= 15 is 0 Å². The molecule has 5 atom stereocenters. The Bertz CT molecular complexity index is 960. The van der Waals surface area contributed by atoms with Crippen LogP contribution in [0.4, 0.5) is 8.78 Å². The Morgan fingerprint density at radius 1 is 1.19 bits per heavy atom. The van der Waals surface area contributed by atoms with Gasteiger partial charge in [0.15, 0.2) is 11.6 Å². The van der Waals surface area contributed by atoms with Gasteiger partial charge in [-0.2, -0.15) is 0 Å². The first-order chi connectivity index (χ1) is 12.6. The summed E-state index contributed by atoms with van der Waals surface area (Å²) in [5.74, 6) is -2.39. The van der Waals surface area contributed by atoms with Gasteiger partial charge in [0.2, 0.25) is 15.9 Å². The van der Waals surface area contributed by atoms with E-state index in [9.17, 15) is 22.0 Å². The van der Waals surface area contributed by atoms with Crippen molar-refractivity contribution in [2.75, 3.05) is 5.75 Å². The number of hydrogen-bond donors (Lipinski definition) is 0. The van der Waals surface area contributed by atoms with Crippen LogP contribution in [0.5, 0.6) is 0 Å². The number of fused-ring (bicyclic) bond motifs is 1. The van der Waals surface area contributed by atoms with E-state index in [1.807, 2.05) is 0 Å². The maximum absolute atomic E-state index is 13.5. The molecule has 5 rings (SSSR count). The molecule has 146 valence electrons. The number of carbonyl (C=O) groups excluding carboxylic acids is 1. The Balaban J connectivity index is 1.44. The molecule has 3 aliphatic carbocycles. The van der Waals surface area contributed by atoms with Crippen LogP contribution in [0.15, 0.2) is 18.2 Å². The van der Waals surface area contributed by atoms with E-state index in [4.69, 9.17) is 0 Å². The zero-order valence-corrected chi connectivity index (χ0v) is 16.2. The van der Waals surface area contributed by atoms with Crippen molar-refractivity contribution in [2.45, 2.75) is 51.5 Å². The average molecular weight is 395 g/mol. The van der Waals surface area contributed by atoms with Crippen molar-refractivity contribution in [3.05, 3.63) is 35.4 Å². The molecular weight excluding hydrogens is 372 g/mol. The third-order valence-corrected chi connectivity index (χ3v) is 10.0. The van der Waals surface area contributed by atoms with E-state index in [1.54, 1.807) is 0 Å². The highest BCUT2D eigenvalue weighted by molar-refractivity contribution is 7.90. The Kier molecular flexibility index (Phi) is 3.32. The van der Waals surface area contributed by atoms with Gasteiger partial charge in [-0.3, -0.25) is 4.79 Å². The fourth-order valence-electron chi connectivity index (χ4n) is 6.32. The quantitative estimate of drug-likeness (QED) is 0.771. The van der Waals surface area contributed by atoms with Crippen LogP contribution < -0.4 is 0 Å². The summed E-state index contributed by atoms with van der Waals surface area (Å²) < 4.78 is 53.8. The van der Waals surface area contributed by atoms with Gasteiger partial charge in [-0.1, -0.05) is 19.9 Å². The number of halogens is 2. The summed E-state index contributed by atoms with van der Waals surface area (Å²) in [4.78, 5) is 13.2. The minimum absolute atomic E-state index is 0.0580. The first kappa shape index (κ1) is 17.6. The fourth-order valence-corrected chi connectivity index (χ4v) is 8.91. The molecule has 1 saturated heterocycles. The van der Waals surface area contributed by atoms with Crippen molar-refractivity contribution < 1.29 is 22.0 Å². The number of amides is 1. The van der Waals surface area contributed by atoms with Crippen LogP contribution in [0.1, 0.15) is 51.0 Å². The van der Waals surface area contributed by atoms with Gasteiger partial charge in [0, 0.05) is 11.3 Å². The monoisotopic (exact) mass is 395 g/mol. The lowest BCUT2D eigenvalue weighted by Crippen LogP contribution is -2.44. The highest BCUT2D eigenvalue weighted by Crippen LogP contribution is 2.70. The maximum atomic E-state index is 13.5. The highest BCUT2D eigenvalue weighted by Gasteiger charge is 2.73. The zero-order chi connectivity index (χ0) is 19.4. The standard InChI is InChI=1S/C20H23F2NO3S/c1-19(2)12-5-6-20(19)10-27(25,26)23(17(20)8-12)18(24)14-9-13(14)11-3-4-15(21)16(22)7-11/h3-4,7,12-14,17H,5-6,8-10H2,1-2H3/t12?,13-,14+,17+,20+/m0/s1. The van der Waals surface area contributed by atoms with Crippen molar-refractivity contribution in [3.63, 3.8) is 0 Å². The summed E-state index contributed by atoms with van der Waals surface area (Å²) in [5, 5.41) is 0. The predicted octanol–water partition coefficient (Wildman–Crippen LogP) is 3.44. The van der Waals surface area contributed by atoms with Crippen LogP contribution in [0.2, 0.25) is 0 Å². The number of rotatable bonds is 2. The summed E-state index contributed by atoms with van der Waals surface area (Å²) in [6.45, 7) is 4.30. The topological polar surface area (TPSA) is 54.5 Å². The third kappa shape index (κ3) is 2.12. The van der Waals surface area contributed by atoms with Crippen molar-refractivity contribution >= 4 is 15.9 Å². The lowest BCUT2D eigenvalue weighted by Gasteiger charge is -2.37. The molecule has 1 unspecified atom stereocenters. The van der Waals surface area contributed by atoms with Crippen molar-refractivity contribution in [1.29, 1.82) is 0 Å². The zero-order valence-electron chi connectivity index (χ0n) is 15.4. The third-order valence-electron chi connectivity index (χ3n) is 8.11. The van der Waals surface area contributed by atoms with Gasteiger partial charge in [0.25, 0.3) is 0 Å². The Hall–Kier alpha value is -1.50. The van der Waals surface area contributed by atoms with Gasteiger partial charge >= 0.3 is 0 Å². The van der Waals surface area contributed by atoms with E-state index < -0.39 is 27.6 Å². The second-order valence-corrected chi connectivity index (χ2v) is 11.2. The second-order valence-electron chi connectivity index (χ2n) is 9.38. The molecule has 1 spiro atoms. The minimum Gasteiger partial charge on any atom is -0.273 e. The molecule has 0 N–H and O–H groups in total. The molecule has 1 aromatic carbocycles. The van der Waals surface area contributed by atoms with Gasteiger partial charge in [-0.05, 0) is 60.6 Å². The molecule has 4 aliphatic rings. The number of hydrogen-bond acceptors (Lipinski definition) is 3. The largest absolute Gasteiger partial charge is 0.273 e. The Morgan fingerprint density at radius 3 is 2.59 bits per heavy atom. The van der Waals surface area contributed by atoms with Crippen molar-refractivity contribution in [1.82, 2.24) is 4.31 Å². The van der Waals surface area contributed by atoms with Crippen LogP contribution in [-0.4, -0.2) is 30.4 Å². The van der Waals surface area contributed by atoms with Crippen molar-refractivity contribution in [2.24, 2.45) is 22.7 Å². The molecule has 1 aliphatic heterocycles. The lowest BCUT2D eigenvalue weighted by atomic mass is 9.69. The second kappa shape index (κ2) is 5.10. The molecule has 1 amide bonds. The lowest BCUT2D eigenvalue weighted by molar-refractivity contribution is -0.130. The van der Waals surface area contributed by atoms with Gasteiger partial charge in [0.1, 0.15) is 0 Å². The summed E-state index contributed by atoms with van der Waals surface area (Å²) >= 11 is 0. The molecule has 1 aromatic rings. The van der Waals surface area contributed by atoms with Crippen LogP contribution in [0.3, 0.4) is 0 Å². The number of carbonyl (C=O) groups is 1. The molecule has 4 fully saturated rings. The number of sulfonamides is 1. The van der Waals surface area contributed by atoms with E-state index in [1.165, 1.54) is 10.4 Å². The van der Waals surface area contributed by atoms with Crippen LogP contribution in [-0.2, 0) is 14.8 Å². The fraction of sp³-hybridized carbons (Fsp3) is 0.650. The van der Waals surface area contributed by atoms with Crippen LogP contribution in [0.25, 0.3) is 0 Å². The molecule has 1 heterocycles. The van der Waals surface area contributed by atoms with Gasteiger partial charge in [-0.25, -0.2) is 21.5 Å². The van der Waals surface area contributed by atoms with Crippen LogP contribution in [0, 0.1) is 34.3 Å². The summed E-state index contributed by atoms with van der Waals surface area (Å²) in [5.41, 5.74) is 0.147. The molecular formula is C20H23F2NO3S. The molecule has 0 aromatic heterocycles. The van der Waals surface area contributed by atoms with Gasteiger partial charge < -0.3 is 0 Å². The van der Waals surface area contributed by atoms with Gasteiger partial charge in [0.05, 0.1) is 11.8 Å². The normalized spacial score (nSPS) is 40.2. The van der Waals surface area contributed by atoms with E-state index in [-0.39, 0.29) is 34.4 Å². The Morgan fingerprint density at radius 2 is 1.93 bits per heavy atom. The number of benzene rings is 1. The van der Waals surface area contributed by atoms with Crippen molar-refractivity contribution in [3.8, 4) is 0 Å². The van der Waals surface area contributed by atoms with E-state index in [0.717, 1.165) is 31.4 Å². The molecule has 4 nitrogen and oxygen atoms in total. The molecule has 7 heteroatoms. The minimum atomic E-state index is -3.64. The molecule has 3 saturated carbocycles. The first-order valence-electron chi connectivity index (χ1n) is 9.59. The highest BCUT2D eigenvalue weighted by atomic mass is 32.2. The molecule has 27 heavy (non-hydrogen) atoms.